The van der Waals surface area contributed by atoms with Crippen LogP contribution in [0.2, 0.25) is 0 Å². The Morgan fingerprint density at radius 1 is 1.30 bits per heavy atom. The highest BCUT2D eigenvalue weighted by atomic mass is 32.1. The van der Waals surface area contributed by atoms with Gasteiger partial charge in [0.05, 0.1) is 10.9 Å². The summed E-state index contributed by atoms with van der Waals surface area (Å²) >= 11 is 1.23. The molecule has 124 valence electrons. The van der Waals surface area contributed by atoms with E-state index >= 15 is 0 Å². The smallest absolute Gasteiger partial charge is 0.337 e. The zero-order chi connectivity index (χ0) is 16.4. The molecule has 1 aliphatic heterocycles. The number of aromatic nitrogens is 2. The fourth-order valence-electron chi connectivity index (χ4n) is 3.15. The molecule has 23 heavy (non-hydrogen) atoms. The maximum atomic E-state index is 12.8. The maximum absolute atomic E-state index is 12.8. The SMILES string of the molecule is CCc1nc2scc(C(=O)O)c2c(=O)n1CCN1CCCCC1. The van der Waals surface area contributed by atoms with Crippen LogP contribution in [-0.2, 0) is 13.0 Å². The Kier molecular flexibility index (Phi) is 4.77. The molecule has 0 saturated carbocycles. The van der Waals surface area contributed by atoms with E-state index in [1.54, 1.807) is 4.57 Å². The first-order chi connectivity index (χ1) is 11.1. The second kappa shape index (κ2) is 6.80. The van der Waals surface area contributed by atoms with Gasteiger partial charge in [-0.1, -0.05) is 13.3 Å². The Bertz CT molecular complexity index is 775. The van der Waals surface area contributed by atoms with Crippen molar-refractivity contribution >= 4 is 27.5 Å². The van der Waals surface area contributed by atoms with Gasteiger partial charge in [-0.2, -0.15) is 0 Å². The number of likely N-dealkylation sites (tertiary alicyclic amines) is 1. The predicted molar refractivity (Wildman–Crippen MR) is 90.5 cm³/mol. The summed E-state index contributed by atoms with van der Waals surface area (Å²) in [6, 6.07) is 0. The largest absolute Gasteiger partial charge is 0.478 e. The van der Waals surface area contributed by atoms with E-state index in [1.807, 2.05) is 6.92 Å². The number of aryl methyl sites for hydroxylation is 1. The van der Waals surface area contributed by atoms with Crippen LogP contribution in [0.4, 0.5) is 0 Å². The number of thiophene rings is 1. The molecule has 0 bridgehead atoms. The first kappa shape index (κ1) is 16.1. The lowest BCUT2D eigenvalue weighted by atomic mass is 10.1. The van der Waals surface area contributed by atoms with Crippen molar-refractivity contribution in [2.75, 3.05) is 19.6 Å². The Labute approximate surface area is 138 Å². The molecule has 3 heterocycles. The summed E-state index contributed by atoms with van der Waals surface area (Å²) in [5.74, 6) is -0.333. The van der Waals surface area contributed by atoms with Crippen LogP contribution in [0.1, 0.15) is 42.4 Å². The number of rotatable bonds is 5. The molecule has 0 aliphatic carbocycles. The van der Waals surface area contributed by atoms with Gasteiger partial charge in [0.15, 0.2) is 0 Å². The molecule has 0 unspecified atom stereocenters. The van der Waals surface area contributed by atoms with Gasteiger partial charge < -0.3 is 10.0 Å². The fraction of sp³-hybridized carbons (Fsp3) is 0.562. The summed E-state index contributed by atoms with van der Waals surface area (Å²) in [4.78, 5) is 31.6. The molecule has 1 fully saturated rings. The number of carbonyl (C=O) groups is 1. The quantitative estimate of drug-likeness (QED) is 0.906. The number of nitrogens with zero attached hydrogens (tertiary/aromatic N) is 3. The van der Waals surface area contributed by atoms with Crippen molar-refractivity contribution in [1.82, 2.24) is 14.5 Å². The standard InChI is InChI=1S/C16H21N3O3S/c1-2-12-17-14-13(11(10-23-14)16(21)22)15(20)19(12)9-8-18-6-4-3-5-7-18/h10H,2-9H2,1H3,(H,21,22). The third-order valence-corrected chi connectivity index (χ3v) is 5.28. The van der Waals surface area contributed by atoms with Gasteiger partial charge in [0.1, 0.15) is 10.7 Å². The molecule has 7 heteroatoms. The second-order valence-corrected chi connectivity index (χ2v) is 6.73. The minimum atomic E-state index is -1.07. The van der Waals surface area contributed by atoms with Crippen LogP contribution in [0.5, 0.6) is 0 Å². The van der Waals surface area contributed by atoms with Gasteiger partial charge in [0, 0.05) is 24.9 Å². The summed E-state index contributed by atoms with van der Waals surface area (Å²) < 4.78 is 1.66. The Hall–Kier alpha value is -1.73. The molecule has 1 saturated heterocycles. The first-order valence-electron chi connectivity index (χ1n) is 8.08. The van der Waals surface area contributed by atoms with Crippen LogP contribution in [0.3, 0.4) is 0 Å². The number of hydrogen-bond donors (Lipinski definition) is 1. The third kappa shape index (κ3) is 3.16. The molecule has 0 atom stereocenters. The Morgan fingerprint density at radius 3 is 2.70 bits per heavy atom. The van der Waals surface area contributed by atoms with Crippen LogP contribution in [-0.4, -0.2) is 45.2 Å². The minimum absolute atomic E-state index is 0.0666. The lowest BCUT2D eigenvalue weighted by Gasteiger charge is -2.26. The Balaban J connectivity index is 1.96. The highest BCUT2D eigenvalue weighted by Crippen LogP contribution is 2.22. The highest BCUT2D eigenvalue weighted by molar-refractivity contribution is 7.17. The molecule has 0 aromatic carbocycles. The molecule has 2 aromatic rings. The van der Waals surface area contributed by atoms with Crippen LogP contribution < -0.4 is 5.56 Å². The number of carboxylic acids is 1. The van der Waals surface area contributed by atoms with Crippen molar-refractivity contribution in [3.63, 3.8) is 0 Å². The first-order valence-corrected chi connectivity index (χ1v) is 8.96. The topological polar surface area (TPSA) is 75.4 Å². The van der Waals surface area contributed by atoms with Crippen molar-refractivity contribution in [2.24, 2.45) is 0 Å². The molecule has 1 aliphatic rings. The van der Waals surface area contributed by atoms with Gasteiger partial charge in [0.2, 0.25) is 0 Å². The van der Waals surface area contributed by atoms with Gasteiger partial charge in [-0.05, 0) is 25.9 Å². The van der Waals surface area contributed by atoms with Crippen molar-refractivity contribution < 1.29 is 9.90 Å². The monoisotopic (exact) mass is 335 g/mol. The number of hydrogen-bond acceptors (Lipinski definition) is 5. The highest BCUT2D eigenvalue weighted by Gasteiger charge is 2.19. The van der Waals surface area contributed by atoms with Crippen LogP contribution in [0, 0.1) is 0 Å². The lowest BCUT2D eigenvalue weighted by molar-refractivity contribution is 0.0699. The van der Waals surface area contributed by atoms with Gasteiger partial charge in [-0.15, -0.1) is 11.3 Å². The number of aromatic carboxylic acids is 1. The van der Waals surface area contributed by atoms with Gasteiger partial charge >= 0.3 is 5.97 Å². The van der Waals surface area contributed by atoms with Gasteiger partial charge in [-0.25, -0.2) is 9.78 Å². The molecule has 0 radical (unpaired) electrons. The molecule has 0 amide bonds. The third-order valence-electron chi connectivity index (χ3n) is 4.41. The van der Waals surface area contributed by atoms with Gasteiger partial charge in [0.25, 0.3) is 5.56 Å². The zero-order valence-corrected chi connectivity index (χ0v) is 14.1. The molecular weight excluding hydrogens is 314 g/mol. The van der Waals surface area contributed by atoms with Gasteiger partial charge in [-0.3, -0.25) is 9.36 Å². The summed E-state index contributed by atoms with van der Waals surface area (Å²) in [5, 5.41) is 11.0. The zero-order valence-electron chi connectivity index (χ0n) is 13.2. The number of piperidine rings is 1. The van der Waals surface area contributed by atoms with E-state index in [0.29, 0.717) is 17.8 Å². The minimum Gasteiger partial charge on any atom is -0.478 e. The molecule has 6 nitrogen and oxygen atoms in total. The summed E-state index contributed by atoms with van der Waals surface area (Å²) in [6.07, 6.45) is 4.35. The average molecular weight is 335 g/mol. The van der Waals surface area contributed by atoms with Crippen molar-refractivity contribution in [2.45, 2.75) is 39.2 Å². The second-order valence-electron chi connectivity index (χ2n) is 5.88. The molecule has 3 rings (SSSR count). The molecule has 1 N–H and O–H groups in total. The summed E-state index contributed by atoms with van der Waals surface area (Å²) in [5.41, 5.74) is -0.153. The van der Waals surface area contributed by atoms with E-state index in [4.69, 9.17) is 0 Å². The van der Waals surface area contributed by atoms with E-state index in [2.05, 4.69) is 9.88 Å². The Morgan fingerprint density at radius 2 is 2.04 bits per heavy atom. The average Bonchev–Trinajstić information content (AvgIpc) is 2.99. The summed E-state index contributed by atoms with van der Waals surface area (Å²) in [7, 11) is 0. The van der Waals surface area contributed by atoms with E-state index in [9.17, 15) is 14.7 Å². The number of carboxylic acid groups (broad SMARTS) is 1. The summed E-state index contributed by atoms with van der Waals surface area (Å²) in [6.45, 7) is 5.50. The van der Waals surface area contributed by atoms with E-state index in [1.165, 1.54) is 36.0 Å². The predicted octanol–water partition coefficient (Wildman–Crippen LogP) is 2.20. The van der Waals surface area contributed by atoms with E-state index in [0.717, 1.165) is 25.5 Å². The molecule has 2 aromatic heterocycles. The number of fused-ring (bicyclic) bond motifs is 1. The molecule has 0 spiro atoms. The molecular formula is C16H21N3O3S. The van der Waals surface area contributed by atoms with Crippen molar-refractivity contribution in [3.8, 4) is 0 Å². The normalized spacial score (nSPS) is 16.0. The van der Waals surface area contributed by atoms with Crippen LogP contribution >= 0.6 is 11.3 Å². The van der Waals surface area contributed by atoms with E-state index in [-0.39, 0.29) is 16.5 Å². The lowest BCUT2D eigenvalue weighted by Crippen LogP contribution is -2.36. The van der Waals surface area contributed by atoms with Crippen molar-refractivity contribution in [1.29, 1.82) is 0 Å². The van der Waals surface area contributed by atoms with Crippen LogP contribution in [0.25, 0.3) is 10.2 Å². The fourth-order valence-corrected chi connectivity index (χ4v) is 4.07. The van der Waals surface area contributed by atoms with E-state index < -0.39 is 5.97 Å². The van der Waals surface area contributed by atoms with Crippen molar-refractivity contribution in [3.05, 3.63) is 27.1 Å². The maximum Gasteiger partial charge on any atom is 0.337 e. The van der Waals surface area contributed by atoms with Crippen LogP contribution in [0.15, 0.2) is 10.2 Å².